The van der Waals surface area contributed by atoms with E-state index in [1.54, 1.807) is 0 Å². The number of hydrogen-bond donors (Lipinski definition) is 1. The topological polar surface area (TPSA) is 36.8 Å². The first-order valence-corrected chi connectivity index (χ1v) is 7.04. The number of aryl methyl sites for hydroxylation is 1. The average Bonchev–Trinajstić information content (AvgIpc) is 2.42. The Bertz CT molecular complexity index is 364. The second-order valence-electron chi connectivity index (χ2n) is 5.24. The fourth-order valence-electron chi connectivity index (χ4n) is 2.49. The van der Waals surface area contributed by atoms with Gasteiger partial charge in [-0.1, -0.05) is 55.0 Å². The van der Waals surface area contributed by atoms with E-state index in [4.69, 9.17) is 0 Å². The Morgan fingerprint density at radius 1 is 1.11 bits per heavy atom. The lowest BCUT2D eigenvalue weighted by Crippen LogP contribution is -2.07. The maximum Gasteiger partial charge on any atom is 0.0623 e. The smallest absolute Gasteiger partial charge is 0.0623 e. The van der Waals surface area contributed by atoms with Crippen molar-refractivity contribution < 1.29 is 0 Å². The van der Waals surface area contributed by atoms with Crippen molar-refractivity contribution >= 4 is 5.69 Å². The molecule has 2 rings (SSSR count). The van der Waals surface area contributed by atoms with Gasteiger partial charge in [-0.15, -0.1) is 0 Å². The third-order valence-electron chi connectivity index (χ3n) is 3.66. The van der Waals surface area contributed by atoms with Crippen LogP contribution in [0.4, 0.5) is 5.69 Å². The van der Waals surface area contributed by atoms with Crippen molar-refractivity contribution in [3.05, 3.63) is 29.8 Å². The van der Waals surface area contributed by atoms with Crippen LogP contribution in [0.15, 0.2) is 34.6 Å². The third-order valence-corrected chi connectivity index (χ3v) is 3.66. The summed E-state index contributed by atoms with van der Waals surface area (Å²) in [4.78, 5) is 0. The van der Waals surface area contributed by atoms with Gasteiger partial charge in [-0.05, 0) is 31.4 Å². The monoisotopic (exact) mass is 245 g/mol. The molecule has 0 aliphatic heterocycles. The molecule has 98 valence electrons. The summed E-state index contributed by atoms with van der Waals surface area (Å²) in [6, 6.07) is 8.19. The summed E-state index contributed by atoms with van der Waals surface area (Å²) >= 11 is 0. The van der Waals surface area contributed by atoms with Crippen molar-refractivity contribution in [2.24, 2.45) is 16.3 Å². The molecule has 1 aromatic carbocycles. The zero-order valence-electron chi connectivity index (χ0n) is 11.2. The Hall–Kier alpha value is -1.38. The van der Waals surface area contributed by atoms with Gasteiger partial charge in [-0.2, -0.15) is 5.11 Å². The highest BCUT2D eigenvalue weighted by Gasteiger charge is 2.12. The Balaban J connectivity index is 1.64. The molecule has 3 heteroatoms. The molecule has 1 aliphatic rings. The predicted octanol–water partition coefficient (Wildman–Crippen LogP) is 4.74. The van der Waals surface area contributed by atoms with Crippen LogP contribution in [0.25, 0.3) is 0 Å². The molecule has 0 amide bonds. The highest BCUT2D eigenvalue weighted by Crippen LogP contribution is 2.26. The molecule has 0 atom stereocenters. The van der Waals surface area contributed by atoms with E-state index in [0.29, 0.717) is 0 Å². The highest BCUT2D eigenvalue weighted by molar-refractivity contribution is 5.43. The summed E-state index contributed by atoms with van der Waals surface area (Å²) in [5.41, 5.74) is 5.23. The summed E-state index contributed by atoms with van der Waals surface area (Å²) in [6.45, 7) is 2.93. The Kier molecular flexibility index (Phi) is 5.18. The molecule has 0 heterocycles. The summed E-state index contributed by atoms with van der Waals surface area (Å²) in [5.74, 6) is 0.886. The van der Waals surface area contributed by atoms with Gasteiger partial charge in [-0.25, -0.2) is 0 Å². The molecule has 1 fully saturated rings. The lowest BCUT2D eigenvalue weighted by atomic mass is 9.87. The maximum absolute atomic E-state index is 4.20. The van der Waals surface area contributed by atoms with Crippen molar-refractivity contribution in [3.8, 4) is 0 Å². The normalized spacial score (nSPS) is 17.2. The van der Waals surface area contributed by atoms with Crippen molar-refractivity contribution in [3.63, 3.8) is 0 Å². The van der Waals surface area contributed by atoms with E-state index in [0.717, 1.165) is 18.2 Å². The molecule has 1 saturated carbocycles. The maximum atomic E-state index is 4.20. The van der Waals surface area contributed by atoms with Crippen molar-refractivity contribution in [1.29, 1.82) is 0 Å². The van der Waals surface area contributed by atoms with Gasteiger partial charge in [0.05, 0.1) is 12.2 Å². The van der Waals surface area contributed by atoms with Crippen LogP contribution in [-0.2, 0) is 0 Å². The Labute approximate surface area is 110 Å². The molecule has 0 unspecified atom stereocenters. The molecule has 0 saturated heterocycles. The predicted molar refractivity (Wildman–Crippen MR) is 75.7 cm³/mol. The minimum atomic E-state index is 0.851. The fraction of sp³-hybridized carbons (Fsp3) is 0.600. The largest absolute Gasteiger partial charge is 0.260 e. The van der Waals surface area contributed by atoms with Crippen LogP contribution in [0.2, 0.25) is 0 Å². The van der Waals surface area contributed by atoms with E-state index in [9.17, 15) is 0 Å². The lowest BCUT2D eigenvalue weighted by Gasteiger charge is -2.19. The van der Waals surface area contributed by atoms with E-state index < -0.39 is 0 Å². The quantitative estimate of drug-likeness (QED) is 0.590. The van der Waals surface area contributed by atoms with E-state index in [1.165, 1.54) is 44.1 Å². The number of nitrogens with zero attached hydrogens (tertiary/aromatic N) is 2. The number of hydrogen-bond acceptors (Lipinski definition) is 2. The molecular formula is C15H23N3. The second kappa shape index (κ2) is 7.14. The minimum absolute atomic E-state index is 0.851. The molecule has 0 bridgehead atoms. The average molecular weight is 245 g/mol. The van der Waals surface area contributed by atoms with Crippen LogP contribution in [0.3, 0.4) is 0 Å². The first-order valence-electron chi connectivity index (χ1n) is 7.04. The van der Waals surface area contributed by atoms with Gasteiger partial charge < -0.3 is 0 Å². The molecule has 0 aromatic heterocycles. The molecule has 1 aliphatic carbocycles. The van der Waals surface area contributed by atoms with Gasteiger partial charge in [0, 0.05) is 0 Å². The van der Waals surface area contributed by atoms with Crippen molar-refractivity contribution in [2.45, 2.75) is 45.4 Å². The molecule has 18 heavy (non-hydrogen) atoms. The van der Waals surface area contributed by atoms with E-state index in [1.807, 2.05) is 12.1 Å². The first kappa shape index (κ1) is 13.1. The molecular weight excluding hydrogens is 222 g/mol. The standard InChI is InChI=1S/C15H23N3/c1-13-7-9-15(10-8-13)17-18-16-12-11-14-5-3-2-4-6-14/h7-10,14H,2-6,11-12H2,1H3,(H,16,17). The molecule has 3 nitrogen and oxygen atoms in total. The summed E-state index contributed by atoms with van der Waals surface area (Å²) in [6.07, 6.45) is 8.21. The van der Waals surface area contributed by atoms with Gasteiger partial charge >= 0.3 is 0 Å². The highest BCUT2D eigenvalue weighted by atomic mass is 15.4. The molecule has 0 radical (unpaired) electrons. The Morgan fingerprint density at radius 3 is 2.56 bits per heavy atom. The van der Waals surface area contributed by atoms with Crippen LogP contribution >= 0.6 is 0 Å². The number of benzene rings is 1. The zero-order chi connectivity index (χ0) is 12.6. The van der Waals surface area contributed by atoms with E-state index in [-0.39, 0.29) is 0 Å². The number of nitrogens with one attached hydrogen (secondary N) is 1. The van der Waals surface area contributed by atoms with E-state index >= 15 is 0 Å². The van der Waals surface area contributed by atoms with Crippen LogP contribution in [-0.4, -0.2) is 6.54 Å². The van der Waals surface area contributed by atoms with Gasteiger partial charge in [0.2, 0.25) is 0 Å². The van der Waals surface area contributed by atoms with Crippen molar-refractivity contribution in [2.75, 3.05) is 12.0 Å². The molecule has 1 aromatic rings. The second-order valence-corrected chi connectivity index (χ2v) is 5.24. The van der Waals surface area contributed by atoms with Crippen molar-refractivity contribution in [1.82, 2.24) is 0 Å². The minimum Gasteiger partial charge on any atom is -0.260 e. The van der Waals surface area contributed by atoms with E-state index in [2.05, 4.69) is 34.8 Å². The lowest BCUT2D eigenvalue weighted by molar-refractivity contribution is 0.342. The summed E-state index contributed by atoms with van der Waals surface area (Å²) in [5, 5.41) is 8.23. The summed E-state index contributed by atoms with van der Waals surface area (Å²) in [7, 11) is 0. The zero-order valence-corrected chi connectivity index (χ0v) is 11.2. The van der Waals surface area contributed by atoms with Gasteiger partial charge in [-0.3, -0.25) is 5.43 Å². The molecule has 0 spiro atoms. The van der Waals surface area contributed by atoms with Crippen LogP contribution < -0.4 is 5.43 Å². The van der Waals surface area contributed by atoms with Gasteiger partial charge in [0.15, 0.2) is 0 Å². The number of anilines is 1. The first-order chi connectivity index (χ1) is 8.84. The fourth-order valence-corrected chi connectivity index (χ4v) is 2.49. The number of rotatable bonds is 5. The van der Waals surface area contributed by atoms with Gasteiger partial charge in [0.1, 0.15) is 0 Å². The third kappa shape index (κ3) is 4.47. The van der Waals surface area contributed by atoms with Gasteiger partial charge in [0.25, 0.3) is 0 Å². The SMILES string of the molecule is Cc1ccc(NN=NCCC2CCCCC2)cc1. The molecule has 1 N–H and O–H groups in total. The van der Waals surface area contributed by atoms with Crippen LogP contribution in [0, 0.1) is 12.8 Å². The Morgan fingerprint density at radius 2 is 1.83 bits per heavy atom. The van der Waals surface area contributed by atoms with Crippen LogP contribution in [0.1, 0.15) is 44.1 Å². The summed E-state index contributed by atoms with van der Waals surface area (Å²) < 4.78 is 0. The van der Waals surface area contributed by atoms with Crippen LogP contribution in [0.5, 0.6) is 0 Å².